The summed E-state index contributed by atoms with van der Waals surface area (Å²) in [5.41, 5.74) is 1.36. The molecule has 0 saturated carbocycles. The van der Waals surface area contributed by atoms with Crippen LogP contribution in [0, 0.1) is 0 Å². The molecule has 0 aliphatic rings. The fourth-order valence-electron chi connectivity index (χ4n) is 1.12. The van der Waals surface area contributed by atoms with Crippen LogP contribution in [0.1, 0.15) is 46.1 Å². The second-order valence-corrected chi connectivity index (χ2v) is 3.16. The lowest BCUT2D eigenvalue weighted by Gasteiger charge is -2.06. The highest BCUT2D eigenvalue weighted by molar-refractivity contribution is 5.28. The van der Waals surface area contributed by atoms with Gasteiger partial charge < -0.3 is 9.84 Å². The molecule has 0 aromatic heterocycles. The van der Waals surface area contributed by atoms with E-state index in [0.717, 1.165) is 19.5 Å². The van der Waals surface area contributed by atoms with Crippen LogP contribution in [0.5, 0.6) is 5.75 Å². The molecule has 0 spiro atoms. The molecule has 2 heteroatoms. The third kappa shape index (κ3) is 7.30. The Morgan fingerprint density at radius 2 is 1.50 bits per heavy atom. The highest BCUT2D eigenvalue weighted by Crippen LogP contribution is 2.18. The number of aliphatic hydroxyl groups excluding tert-OH is 1. The van der Waals surface area contributed by atoms with Gasteiger partial charge >= 0.3 is 0 Å². The molecule has 0 saturated heterocycles. The van der Waals surface area contributed by atoms with Gasteiger partial charge in [-0.05, 0) is 30.5 Å². The molecule has 0 atom stereocenters. The maximum atomic E-state index is 7.00. The van der Waals surface area contributed by atoms with Crippen molar-refractivity contribution in [3.8, 4) is 5.75 Å². The molecule has 0 radical (unpaired) electrons. The first-order chi connectivity index (χ1) is 7.74. The molecular weight excluding hydrogens is 200 g/mol. The van der Waals surface area contributed by atoms with Crippen LogP contribution < -0.4 is 4.74 Å². The minimum atomic E-state index is 0.598. The van der Waals surface area contributed by atoms with Crippen molar-refractivity contribution in [2.45, 2.75) is 40.5 Å². The minimum absolute atomic E-state index is 0.598. The van der Waals surface area contributed by atoms with E-state index in [9.17, 15) is 0 Å². The highest BCUT2D eigenvalue weighted by atomic mass is 16.5. The second-order valence-electron chi connectivity index (χ2n) is 3.16. The number of hydrogen-bond donors (Lipinski definition) is 1. The summed E-state index contributed by atoms with van der Waals surface area (Å²) in [6.07, 6.45) is 0. The zero-order chi connectivity index (χ0) is 13.0. The first kappa shape index (κ1) is 17.4. The minimum Gasteiger partial charge on any atom is -0.494 e. The SMILES string of the molecule is CC.CCOc1ccc(C(C)C)cc1.CO. The average molecular weight is 226 g/mol. The van der Waals surface area contributed by atoms with Gasteiger partial charge in [-0.25, -0.2) is 0 Å². The van der Waals surface area contributed by atoms with E-state index in [4.69, 9.17) is 9.84 Å². The zero-order valence-corrected chi connectivity index (χ0v) is 11.4. The predicted octanol–water partition coefficient (Wildman–Crippen LogP) is 3.84. The second kappa shape index (κ2) is 12.1. The van der Waals surface area contributed by atoms with Crippen LogP contribution >= 0.6 is 0 Å². The van der Waals surface area contributed by atoms with Crippen LogP contribution in [0.2, 0.25) is 0 Å². The third-order valence-electron chi connectivity index (χ3n) is 1.86. The van der Waals surface area contributed by atoms with Gasteiger partial charge in [-0.3, -0.25) is 0 Å². The Morgan fingerprint density at radius 3 is 1.81 bits per heavy atom. The molecule has 0 amide bonds. The van der Waals surface area contributed by atoms with E-state index >= 15 is 0 Å². The summed E-state index contributed by atoms with van der Waals surface area (Å²) in [5.74, 6) is 1.56. The summed E-state index contributed by atoms with van der Waals surface area (Å²) < 4.78 is 5.34. The van der Waals surface area contributed by atoms with Crippen molar-refractivity contribution in [1.82, 2.24) is 0 Å². The van der Waals surface area contributed by atoms with Gasteiger partial charge in [-0.1, -0.05) is 39.8 Å². The van der Waals surface area contributed by atoms with Gasteiger partial charge in [0, 0.05) is 7.11 Å². The fraction of sp³-hybridized carbons (Fsp3) is 0.571. The van der Waals surface area contributed by atoms with Gasteiger partial charge in [0.15, 0.2) is 0 Å². The topological polar surface area (TPSA) is 29.5 Å². The zero-order valence-electron chi connectivity index (χ0n) is 11.4. The molecule has 0 heterocycles. The molecule has 1 aromatic rings. The number of benzene rings is 1. The Hall–Kier alpha value is -1.02. The van der Waals surface area contributed by atoms with E-state index in [-0.39, 0.29) is 0 Å². The lowest BCUT2D eigenvalue weighted by Crippen LogP contribution is -1.92. The van der Waals surface area contributed by atoms with E-state index in [1.54, 1.807) is 0 Å². The van der Waals surface area contributed by atoms with Gasteiger partial charge in [-0.2, -0.15) is 0 Å². The van der Waals surface area contributed by atoms with E-state index in [1.807, 2.05) is 32.9 Å². The predicted molar refractivity (Wildman–Crippen MR) is 71.2 cm³/mol. The van der Waals surface area contributed by atoms with Gasteiger partial charge in [0.05, 0.1) is 6.61 Å². The fourth-order valence-corrected chi connectivity index (χ4v) is 1.12. The molecule has 1 N–H and O–H groups in total. The normalized spacial score (nSPS) is 8.50. The number of ether oxygens (including phenoxy) is 1. The Balaban J connectivity index is 0. The van der Waals surface area contributed by atoms with Crippen molar-refractivity contribution < 1.29 is 9.84 Å². The first-order valence-corrected chi connectivity index (χ1v) is 5.91. The van der Waals surface area contributed by atoms with Crippen molar-refractivity contribution in [2.24, 2.45) is 0 Å². The lowest BCUT2D eigenvalue weighted by molar-refractivity contribution is 0.340. The highest BCUT2D eigenvalue weighted by Gasteiger charge is 1.97. The van der Waals surface area contributed by atoms with Crippen LogP contribution in [-0.2, 0) is 0 Å². The summed E-state index contributed by atoms with van der Waals surface area (Å²) in [7, 11) is 1.00. The van der Waals surface area contributed by atoms with E-state index in [2.05, 4.69) is 26.0 Å². The smallest absolute Gasteiger partial charge is 0.119 e. The van der Waals surface area contributed by atoms with E-state index in [1.165, 1.54) is 5.56 Å². The van der Waals surface area contributed by atoms with Crippen LogP contribution in [0.15, 0.2) is 24.3 Å². The lowest BCUT2D eigenvalue weighted by atomic mass is 10.0. The Morgan fingerprint density at radius 1 is 1.06 bits per heavy atom. The quantitative estimate of drug-likeness (QED) is 0.848. The van der Waals surface area contributed by atoms with E-state index in [0.29, 0.717) is 5.92 Å². The maximum absolute atomic E-state index is 7.00. The van der Waals surface area contributed by atoms with Crippen molar-refractivity contribution >= 4 is 0 Å². The summed E-state index contributed by atoms with van der Waals surface area (Å²) in [4.78, 5) is 0. The monoisotopic (exact) mass is 226 g/mol. The molecule has 0 aliphatic heterocycles. The molecule has 0 aliphatic carbocycles. The summed E-state index contributed by atoms with van der Waals surface area (Å²) in [5, 5.41) is 7.00. The molecule has 0 bridgehead atoms. The summed E-state index contributed by atoms with van der Waals surface area (Å²) >= 11 is 0. The number of aliphatic hydroxyl groups is 1. The van der Waals surface area contributed by atoms with E-state index < -0.39 is 0 Å². The Bertz CT molecular complexity index is 227. The largest absolute Gasteiger partial charge is 0.494 e. The maximum Gasteiger partial charge on any atom is 0.119 e. The average Bonchev–Trinajstić information content (AvgIpc) is 2.35. The van der Waals surface area contributed by atoms with Gasteiger partial charge in [0.25, 0.3) is 0 Å². The Kier molecular flexibility index (Phi) is 13.1. The summed E-state index contributed by atoms with van der Waals surface area (Å²) in [6.45, 7) is 11.1. The molecule has 0 unspecified atom stereocenters. The van der Waals surface area contributed by atoms with Crippen molar-refractivity contribution in [3.05, 3.63) is 29.8 Å². The van der Waals surface area contributed by atoms with Crippen molar-refractivity contribution in [3.63, 3.8) is 0 Å². The van der Waals surface area contributed by atoms with Crippen LogP contribution in [0.3, 0.4) is 0 Å². The standard InChI is InChI=1S/C11H16O.C2H6.CH4O/c1-4-12-11-7-5-10(6-8-11)9(2)3;2*1-2/h5-9H,4H2,1-3H3;1-2H3;2H,1H3. The molecule has 16 heavy (non-hydrogen) atoms. The summed E-state index contributed by atoms with van der Waals surface area (Å²) in [6, 6.07) is 8.29. The molecule has 1 rings (SSSR count). The molecule has 2 nitrogen and oxygen atoms in total. The van der Waals surface area contributed by atoms with Crippen LogP contribution in [0.4, 0.5) is 0 Å². The Labute approximate surface area is 100 Å². The van der Waals surface area contributed by atoms with Crippen LogP contribution in [-0.4, -0.2) is 18.8 Å². The van der Waals surface area contributed by atoms with Crippen LogP contribution in [0.25, 0.3) is 0 Å². The van der Waals surface area contributed by atoms with Crippen molar-refractivity contribution in [1.29, 1.82) is 0 Å². The number of rotatable bonds is 3. The molecule has 94 valence electrons. The molecule has 1 aromatic carbocycles. The molecular formula is C14H26O2. The van der Waals surface area contributed by atoms with Crippen molar-refractivity contribution in [2.75, 3.05) is 13.7 Å². The number of hydrogen-bond acceptors (Lipinski definition) is 2. The van der Waals surface area contributed by atoms with Gasteiger partial charge in [-0.15, -0.1) is 0 Å². The first-order valence-electron chi connectivity index (χ1n) is 5.91. The molecule has 0 fully saturated rings. The van der Waals surface area contributed by atoms with Gasteiger partial charge in [0.2, 0.25) is 0 Å². The van der Waals surface area contributed by atoms with Gasteiger partial charge in [0.1, 0.15) is 5.75 Å². The third-order valence-corrected chi connectivity index (χ3v) is 1.86.